The quantitative estimate of drug-likeness (QED) is 0.201. The van der Waals surface area contributed by atoms with Gasteiger partial charge in [0.25, 0.3) is 0 Å². The number of halogens is 4. The van der Waals surface area contributed by atoms with E-state index in [1.807, 2.05) is 0 Å². The highest BCUT2D eigenvalue weighted by Gasteiger charge is 2.41. The van der Waals surface area contributed by atoms with Crippen LogP contribution in [-0.2, 0) is 18.1 Å². The standard InChI is InChI=1S/C12H28F4N4O4P4/c1-5-9-21-25(13)17-26(14,22-10-6-2)19-28(16,24-12-8-4)20-27(15,18-25)23-11-7-3/h5-12H2,1-4H3. The summed E-state index contributed by atoms with van der Waals surface area (Å²) < 4.78 is 93.6. The molecule has 1 rings (SSSR count). The van der Waals surface area contributed by atoms with Gasteiger partial charge in [-0.05, 0) is 25.7 Å². The van der Waals surface area contributed by atoms with Gasteiger partial charge in [0.15, 0.2) is 0 Å². The van der Waals surface area contributed by atoms with Gasteiger partial charge in [-0.3, -0.25) is 0 Å². The van der Waals surface area contributed by atoms with Gasteiger partial charge in [-0.15, -0.1) is 18.1 Å². The molecule has 0 amide bonds. The zero-order valence-electron chi connectivity index (χ0n) is 16.4. The van der Waals surface area contributed by atoms with Crippen LogP contribution in [0.4, 0.5) is 16.8 Å². The van der Waals surface area contributed by atoms with Crippen LogP contribution in [0.25, 0.3) is 0 Å². The van der Waals surface area contributed by atoms with Crippen molar-refractivity contribution in [2.75, 3.05) is 26.4 Å². The van der Waals surface area contributed by atoms with E-state index in [9.17, 15) is 0 Å². The first-order valence-corrected chi connectivity index (χ1v) is 15.0. The fraction of sp³-hybridized carbons (Fsp3) is 1.00. The smallest absolute Gasteiger partial charge is 0.303 e. The summed E-state index contributed by atoms with van der Waals surface area (Å²) >= 11 is 0. The molecule has 0 aliphatic carbocycles. The lowest BCUT2D eigenvalue weighted by Crippen LogP contribution is -1.94. The van der Waals surface area contributed by atoms with Gasteiger partial charge < -0.3 is 18.1 Å². The molecule has 0 N–H and O–H groups in total. The van der Waals surface area contributed by atoms with Crippen molar-refractivity contribution in [1.82, 2.24) is 0 Å². The van der Waals surface area contributed by atoms with Gasteiger partial charge in [-0.2, -0.15) is 16.8 Å². The van der Waals surface area contributed by atoms with Crippen LogP contribution in [0.5, 0.6) is 0 Å². The van der Waals surface area contributed by atoms with Crippen LogP contribution in [0.2, 0.25) is 0 Å². The van der Waals surface area contributed by atoms with Crippen LogP contribution < -0.4 is 0 Å². The molecule has 0 saturated heterocycles. The van der Waals surface area contributed by atoms with Crippen molar-refractivity contribution in [1.29, 1.82) is 0 Å². The summed E-state index contributed by atoms with van der Waals surface area (Å²) in [6.45, 7) is 5.83. The van der Waals surface area contributed by atoms with Gasteiger partial charge in [-0.1, -0.05) is 27.7 Å². The molecule has 0 aromatic rings. The molecule has 0 aromatic carbocycles. The van der Waals surface area contributed by atoms with Gasteiger partial charge in [0.2, 0.25) is 0 Å². The Kier molecular flexibility index (Phi) is 11.1. The van der Waals surface area contributed by atoms with Crippen LogP contribution in [0.1, 0.15) is 53.4 Å². The molecule has 0 radical (unpaired) electrons. The molecule has 16 heteroatoms. The second kappa shape index (κ2) is 11.8. The minimum absolute atomic E-state index is 0.207. The Bertz CT molecular complexity index is 594. The largest absolute Gasteiger partial charge is 0.387 e. The van der Waals surface area contributed by atoms with Crippen LogP contribution in [0.15, 0.2) is 18.1 Å². The highest BCUT2D eigenvalue weighted by molar-refractivity contribution is 7.78. The highest BCUT2D eigenvalue weighted by Crippen LogP contribution is 2.81. The molecular formula is C12H28F4N4O4P4. The van der Waals surface area contributed by atoms with E-state index in [1.54, 1.807) is 27.7 Å². The Morgan fingerprint density at radius 2 is 0.643 bits per heavy atom. The molecule has 0 aromatic heterocycles. The monoisotopic (exact) mass is 492 g/mol. The summed E-state index contributed by atoms with van der Waals surface area (Å²) in [5.74, 6) is 0. The highest BCUT2D eigenvalue weighted by atomic mass is 31.3. The topological polar surface area (TPSA) is 86.4 Å². The van der Waals surface area contributed by atoms with Crippen molar-refractivity contribution in [3.05, 3.63) is 0 Å². The molecule has 8 nitrogen and oxygen atoms in total. The third kappa shape index (κ3) is 8.69. The Balaban J connectivity index is 3.68. The average molecular weight is 492 g/mol. The lowest BCUT2D eigenvalue weighted by Gasteiger charge is -2.23. The molecule has 0 unspecified atom stereocenters. The van der Waals surface area contributed by atoms with Gasteiger partial charge in [0.1, 0.15) is 0 Å². The Morgan fingerprint density at radius 1 is 0.464 bits per heavy atom. The summed E-state index contributed by atoms with van der Waals surface area (Å²) in [7, 11) is -19.6. The summed E-state index contributed by atoms with van der Waals surface area (Å²) in [6, 6.07) is 0. The summed E-state index contributed by atoms with van der Waals surface area (Å²) in [4.78, 5) is 0. The Morgan fingerprint density at radius 3 is 0.786 bits per heavy atom. The van der Waals surface area contributed by atoms with E-state index in [4.69, 9.17) is 18.1 Å². The van der Waals surface area contributed by atoms with E-state index in [-0.39, 0.29) is 26.4 Å². The number of hydrogen-bond donors (Lipinski definition) is 0. The number of rotatable bonds is 12. The lowest BCUT2D eigenvalue weighted by atomic mass is 10.5. The summed E-state index contributed by atoms with van der Waals surface area (Å²) in [5.41, 5.74) is 0. The maximum atomic E-state index is 15.2. The zero-order chi connectivity index (χ0) is 21.3. The van der Waals surface area contributed by atoms with E-state index in [1.165, 1.54) is 0 Å². The van der Waals surface area contributed by atoms with Crippen LogP contribution in [0.3, 0.4) is 0 Å². The second-order valence-electron chi connectivity index (χ2n) is 5.58. The van der Waals surface area contributed by atoms with E-state index >= 15 is 16.8 Å². The molecule has 28 heavy (non-hydrogen) atoms. The molecule has 0 bridgehead atoms. The first kappa shape index (κ1) is 26.5. The molecule has 0 fully saturated rings. The fourth-order valence-electron chi connectivity index (χ4n) is 1.65. The Labute approximate surface area is 164 Å². The summed E-state index contributed by atoms with van der Waals surface area (Å²) in [5, 5.41) is 0. The molecule has 1 aliphatic heterocycles. The first-order valence-electron chi connectivity index (χ1n) is 8.99. The maximum absolute atomic E-state index is 15.2. The van der Waals surface area contributed by atoms with E-state index in [2.05, 4.69) is 18.1 Å². The second-order valence-corrected chi connectivity index (χ2v) is 13.3. The number of nitrogens with zero attached hydrogens (tertiary/aromatic N) is 4. The minimum Gasteiger partial charge on any atom is -0.303 e. The van der Waals surface area contributed by atoms with Crippen molar-refractivity contribution in [3.8, 4) is 0 Å². The third-order valence-corrected chi connectivity index (χ3v) is 11.8. The molecule has 0 saturated carbocycles. The molecule has 1 aliphatic rings. The van der Waals surface area contributed by atoms with Gasteiger partial charge in [0.05, 0.1) is 26.4 Å². The normalized spacial score (nSPS) is 35.7. The van der Waals surface area contributed by atoms with E-state index < -0.39 is 31.0 Å². The first-order chi connectivity index (χ1) is 13.1. The fourth-order valence-corrected chi connectivity index (χ4v) is 11.2. The Hall–Kier alpha value is 0.480. The van der Waals surface area contributed by atoms with Crippen molar-refractivity contribution >= 4 is 31.0 Å². The molecule has 1 heterocycles. The predicted molar refractivity (Wildman–Crippen MR) is 107 cm³/mol. The van der Waals surface area contributed by atoms with Crippen LogP contribution in [-0.4, -0.2) is 26.4 Å². The third-order valence-electron chi connectivity index (χ3n) is 2.72. The predicted octanol–water partition coefficient (Wildman–Crippen LogP) is 9.37. The maximum Gasteiger partial charge on any atom is 0.387 e. The van der Waals surface area contributed by atoms with Crippen molar-refractivity contribution in [2.24, 2.45) is 18.1 Å². The van der Waals surface area contributed by atoms with Crippen molar-refractivity contribution in [3.63, 3.8) is 0 Å². The zero-order valence-corrected chi connectivity index (χ0v) is 20.0. The molecule has 0 spiro atoms. The van der Waals surface area contributed by atoms with Gasteiger partial charge in [-0.25, -0.2) is 0 Å². The minimum atomic E-state index is -4.90. The molecular weight excluding hydrogens is 464 g/mol. The summed E-state index contributed by atoms with van der Waals surface area (Å²) in [6.07, 6.45) is 1.36. The van der Waals surface area contributed by atoms with Crippen LogP contribution >= 0.6 is 31.0 Å². The van der Waals surface area contributed by atoms with E-state index in [0.29, 0.717) is 25.7 Å². The number of hydrogen-bond acceptors (Lipinski definition) is 8. The molecule has 0 atom stereocenters. The van der Waals surface area contributed by atoms with E-state index in [0.717, 1.165) is 0 Å². The van der Waals surface area contributed by atoms with Crippen molar-refractivity contribution < 1.29 is 34.9 Å². The van der Waals surface area contributed by atoms with Gasteiger partial charge in [0, 0.05) is 0 Å². The van der Waals surface area contributed by atoms with Gasteiger partial charge >= 0.3 is 31.0 Å². The average Bonchev–Trinajstić information content (AvgIpc) is 2.60. The van der Waals surface area contributed by atoms with Crippen LogP contribution in [0, 0.1) is 0 Å². The molecule has 168 valence electrons. The SMILES string of the molecule is CCCOP1(F)=NP(F)(OCCC)=NP(F)(OCCC)=NP(F)(OCCC)=N1. The lowest BCUT2D eigenvalue weighted by molar-refractivity contribution is 0.305. The van der Waals surface area contributed by atoms with Crippen molar-refractivity contribution in [2.45, 2.75) is 53.4 Å².